The number of hydrogen-bond donors (Lipinski definition) is 2. The molecule has 148 valence electrons. The number of amides is 1. The van der Waals surface area contributed by atoms with Crippen LogP contribution in [0, 0.1) is 12.3 Å². The Morgan fingerprint density at radius 3 is 2.86 bits per heavy atom. The van der Waals surface area contributed by atoms with Crippen LogP contribution < -0.4 is 5.32 Å². The highest BCUT2D eigenvalue weighted by Crippen LogP contribution is 2.38. The molecule has 0 saturated carbocycles. The fraction of sp³-hybridized carbons (Fsp3) is 0.286. The van der Waals surface area contributed by atoms with Crippen LogP contribution in [0.2, 0.25) is 5.28 Å². The number of carbonyl (C=O) groups is 1. The minimum Gasteiger partial charge on any atom is -0.392 e. The normalized spacial score (nSPS) is 21.2. The highest BCUT2D eigenvalue weighted by molar-refractivity contribution is 6.28. The van der Waals surface area contributed by atoms with Gasteiger partial charge in [0.25, 0.3) is 0 Å². The van der Waals surface area contributed by atoms with E-state index >= 15 is 0 Å². The minimum atomic E-state index is -0.995. The molecule has 0 bridgehead atoms. The number of rotatable bonds is 5. The summed E-state index contributed by atoms with van der Waals surface area (Å²) in [4.78, 5) is 20.9. The maximum atomic E-state index is 12.5. The van der Waals surface area contributed by atoms with Crippen molar-refractivity contribution in [3.63, 3.8) is 0 Å². The summed E-state index contributed by atoms with van der Waals surface area (Å²) in [5, 5.41) is 13.0. The second-order valence-corrected chi connectivity index (χ2v) is 7.26. The first-order valence-electron chi connectivity index (χ1n) is 9.18. The molecule has 0 spiro atoms. The van der Waals surface area contributed by atoms with Gasteiger partial charge in [-0.3, -0.25) is 4.79 Å². The van der Waals surface area contributed by atoms with E-state index in [9.17, 15) is 9.90 Å². The average Bonchev–Trinajstić information content (AvgIpc) is 3.33. The second-order valence-electron chi connectivity index (χ2n) is 6.92. The molecule has 2 atom stereocenters. The van der Waals surface area contributed by atoms with Crippen molar-refractivity contribution < 1.29 is 14.6 Å². The molecule has 1 amide bonds. The number of ether oxygens (including phenoxy) is 1. The molecule has 1 fully saturated rings. The molecule has 1 saturated heterocycles. The van der Waals surface area contributed by atoms with Crippen molar-refractivity contribution >= 4 is 34.4 Å². The van der Waals surface area contributed by atoms with Crippen LogP contribution in [0.5, 0.6) is 0 Å². The second kappa shape index (κ2) is 7.84. The van der Waals surface area contributed by atoms with Gasteiger partial charge in [-0.25, -0.2) is 0 Å². The predicted octanol–water partition coefficient (Wildman–Crippen LogP) is 2.94. The number of aliphatic hydroxyl groups is 1. The van der Waals surface area contributed by atoms with Crippen LogP contribution in [0.1, 0.15) is 24.6 Å². The Bertz CT molecular complexity index is 1090. The van der Waals surface area contributed by atoms with Crippen molar-refractivity contribution in [2.45, 2.75) is 31.1 Å². The lowest BCUT2D eigenvalue weighted by Gasteiger charge is -2.21. The number of aromatic nitrogens is 3. The largest absolute Gasteiger partial charge is 0.392 e. The summed E-state index contributed by atoms with van der Waals surface area (Å²) in [7, 11) is 0. The fourth-order valence-corrected chi connectivity index (χ4v) is 3.66. The molecule has 3 heterocycles. The van der Waals surface area contributed by atoms with Crippen LogP contribution in [0.15, 0.2) is 42.6 Å². The maximum Gasteiger partial charge on any atom is 0.229 e. The molecule has 29 heavy (non-hydrogen) atoms. The molecule has 4 rings (SSSR count). The molecular weight excluding hydrogens is 392 g/mol. The van der Waals surface area contributed by atoms with Crippen LogP contribution >= 0.6 is 11.6 Å². The van der Waals surface area contributed by atoms with E-state index in [4.69, 9.17) is 22.8 Å². The Balaban J connectivity index is 1.61. The van der Waals surface area contributed by atoms with E-state index in [0.717, 1.165) is 5.56 Å². The van der Waals surface area contributed by atoms with Crippen LogP contribution in [0.3, 0.4) is 0 Å². The quantitative estimate of drug-likeness (QED) is 0.498. The number of aliphatic hydroxyl groups excluding tert-OH is 1. The number of terminal acetylenes is 1. The van der Waals surface area contributed by atoms with Gasteiger partial charge in [-0.05, 0) is 36.1 Å². The first kappa shape index (κ1) is 19.4. The van der Waals surface area contributed by atoms with Crippen molar-refractivity contribution in [3.05, 3.63) is 53.4 Å². The molecule has 7 nitrogen and oxygen atoms in total. The number of fused-ring (bicyclic) bond motifs is 1. The third kappa shape index (κ3) is 3.83. The van der Waals surface area contributed by atoms with Gasteiger partial charge in [0.15, 0.2) is 5.60 Å². The van der Waals surface area contributed by atoms with Gasteiger partial charge in [-0.2, -0.15) is 9.97 Å². The molecule has 0 unspecified atom stereocenters. The lowest BCUT2D eigenvalue weighted by atomic mass is 10.0. The lowest BCUT2D eigenvalue weighted by Crippen LogP contribution is -2.31. The van der Waals surface area contributed by atoms with Crippen LogP contribution in [0.4, 0.5) is 5.82 Å². The molecule has 1 aliphatic rings. The smallest absolute Gasteiger partial charge is 0.229 e. The van der Waals surface area contributed by atoms with Gasteiger partial charge in [-0.15, -0.1) is 6.42 Å². The van der Waals surface area contributed by atoms with Crippen LogP contribution in [0.25, 0.3) is 11.0 Å². The number of nitrogens with zero attached hydrogens (tertiary/aromatic N) is 3. The Morgan fingerprint density at radius 2 is 2.17 bits per heavy atom. The molecule has 8 heteroatoms. The first-order valence-corrected chi connectivity index (χ1v) is 9.56. The van der Waals surface area contributed by atoms with Gasteiger partial charge in [-0.1, -0.05) is 36.3 Å². The first-order chi connectivity index (χ1) is 14.0. The maximum absolute atomic E-state index is 12.5. The number of carbonyl (C=O) groups excluding carboxylic acids is 1. The summed E-state index contributed by atoms with van der Waals surface area (Å²) in [6.45, 7) is -0.254. The molecule has 1 aromatic carbocycles. The zero-order valence-corrected chi connectivity index (χ0v) is 16.3. The van der Waals surface area contributed by atoms with E-state index in [-0.39, 0.29) is 24.2 Å². The number of benzene rings is 1. The number of nitrogens with one attached hydrogen (secondary N) is 1. The zero-order chi connectivity index (χ0) is 20.4. The predicted molar refractivity (Wildman–Crippen MR) is 109 cm³/mol. The zero-order valence-electron chi connectivity index (χ0n) is 15.5. The van der Waals surface area contributed by atoms with Crippen molar-refractivity contribution in [1.29, 1.82) is 0 Å². The topological polar surface area (TPSA) is 89.3 Å². The number of halogens is 1. The summed E-state index contributed by atoms with van der Waals surface area (Å²) in [5.41, 5.74) is 0.425. The van der Waals surface area contributed by atoms with Gasteiger partial charge in [0, 0.05) is 6.20 Å². The van der Waals surface area contributed by atoms with Gasteiger partial charge >= 0.3 is 0 Å². The van der Waals surface area contributed by atoms with Crippen molar-refractivity contribution in [2.75, 3.05) is 11.9 Å². The van der Waals surface area contributed by atoms with Gasteiger partial charge < -0.3 is 19.7 Å². The van der Waals surface area contributed by atoms with E-state index in [1.54, 1.807) is 16.8 Å². The lowest BCUT2D eigenvalue weighted by molar-refractivity contribution is -0.115. The molecule has 0 radical (unpaired) electrons. The summed E-state index contributed by atoms with van der Waals surface area (Å²) >= 11 is 6.11. The number of hydrogen-bond acceptors (Lipinski definition) is 5. The van der Waals surface area contributed by atoms with Crippen LogP contribution in [-0.2, 0) is 16.0 Å². The van der Waals surface area contributed by atoms with Gasteiger partial charge in [0.2, 0.25) is 11.2 Å². The Morgan fingerprint density at radius 1 is 1.38 bits per heavy atom. The van der Waals surface area contributed by atoms with E-state index in [1.807, 2.05) is 30.3 Å². The Labute approximate surface area is 172 Å². The molecule has 2 aromatic heterocycles. The Hall–Kier alpha value is -2.92. The summed E-state index contributed by atoms with van der Waals surface area (Å²) in [6.07, 6.45) is 8.30. The number of anilines is 1. The van der Waals surface area contributed by atoms with Gasteiger partial charge in [0.1, 0.15) is 17.7 Å². The molecule has 0 aliphatic carbocycles. The molecule has 3 aromatic rings. The monoisotopic (exact) mass is 410 g/mol. The average molecular weight is 411 g/mol. The van der Waals surface area contributed by atoms with E-state index in [2.05, 4.69) is 21.2 Å². The van der Waals surface area contributed by atoms with E-state index in [0.29, 0.717) is 29.7 Å². The third-order valence-electron chi connectivity index (χ3n) is 5.00. The molecule has 1 aliphatic heterocycles. The highest BCUT2D eigenvalue weighted by atomic mass is 35.5. The van der Waals surface area contributed by atoms with E-state index in [1.165, 1.54) is 0 Å². The Kier molecular flexibility index (Phi) is 5.24. The summed E-state index contributed by atoms with van der Waals surface area (Å²) in [6, 6.07) is 11.2. The molecular formula is C21H19ClN4O3. The fourth-order valence-electron chi connectivity index (χ4n) is 3.49. The van der Waals surface area contributed by atoms with Crippen molar-refractivity contribution in [3.8, 4) is 12.3 Å². The SMILES string of the molecule is C#C[C@@]1(CO)CC[C@H](n2ccc3c(NC(=O)Cc4ccccc4)nc(Cl)nc32)O1. The van der Waals surface area contributed by atoms with Gasteiger partial charge in [0.05, 0.1) is 18.4 Å². The van der Waals surface area contributed by atoms with Crippen molar-refractivity contribution in [2.24, 2.45) is 0 Å². The van der Waals surface area contributed by atoms with Crippen LogP contribution in [-0.4, -0.2) is 37.8 Å². The van der Waals surface area contributed by atoms with E-state index < -0.39 is 11.8 Å². The summed E-state index contributed by atoms with van der Waals surface area (Å²) < 4.78 is 7.72. The summed E-state index contributed by atoms with van der Waals surface area (Å²) in [5.74, 6) is 2.67. The third-order valence-corrected chi connectivity index (χ3v) is 5.16. The van der Waals surface area contributed by atoms with Crippen molar-refractivity contribution in [1.82, 2.24) is 14.5 Å². The molecule has 2 N–H and O–H groups in total. The highest BCUT2D eigenvalue weighted by Gasteiger charge is 2.39. The standard InChI is InChI=1S/C21H19ClN4O3/c1-2-21(13-27)10-8-17(29-21)26-11-9-15-18(24-20(22)25-19(15)26)23-16(28)12-14-6-4-3-5-7-14/h1,3-7,9,11,17,27H,8,10,12-13H2,(H,23,24,25,28)/t17-,21+/m1/s1. The minimum absolute atomic E-state index is 0.0100.